The first-order valence-corrected chi connectivity index (χ1v) is 3.72. The minimum absolute atomic E-state index is 0.0440. The average Bonchev–Trinajstić information content (AvgIpc) is 1.60. The standard InChI is InChI=1S/C7H14ClNO/c1-5(8)7(3,4)9-6(2)10/h5H,1-4H3,(H,9,10). The maximum Gasteiger partial charge on any atom is 0.217 e. The van der Waals surface area contributed by atoms with Crippen molar-refractivity contribution in [3.05, 3.63) is 0 Å². The lowest BCUT2D eigenvalue weighted by Crippen LogP contribution is -2.48. The Labute approximate surface area is 66.9 Å². The van der Waals surface area contributed by atoms with Crippen LogP contribution < -0.4 is 5.32 Å². The quantitative estimate of drug-likeness (QED) is 0.615. The van der Waals surface area contributed by atoms with Gasteiger partial charge in [-0.1, -0.05) is 0 Å². The van der Waals surface area contributed by atoms with E-state index in [-0.39, 0.29) is 16.8 Å². The number of carbonyl (C=O) groups is 1. The third-order valence-electron chi connectivity index (χ3n) is 1.49. The summed E-state index contributed by atoms with van der Waals surface area (Å²) in [5, 5.41) is 2.69. The van der Waals surface area contributed by atoms with Crippen LogP contribution in [-0.2, 0) is 4.79 Å². The molecule has 1 N–H and O–H groups in total. The Kier molecular flexibility index (Phi) is 3.16. The van der Waals surface area contributed by atoms with Crippen LogP contribution in [0.25, 0.3) is 0 Å². The molecule has 1 atom stereocenters. The van der Waals surface area contributed by atoms with Crippen molar-refractivity contribution in [1.82, 2.24) is 5.32 Å². The lowest BCUT2D eigenvalue weighted by atomic mass is 10.0. The fourth-order valence-corrected chi connectivity index (χ4v) is 0.608. The normalized spacial score (nSPS) is 14.5. The Morgan fingerprint density at radius 2 is 2.00 bits per heavy atom. The molecule has 0 aromatic rings. The maximum atomic E-state index is 10.6. The third kappa shape index (κ3) is 3.06. The summed E-state index contributed by atoms with van der Waals surface area (Å²) in [6.07, 6.45) is 0. The van der Waals surface area contributed by atoms with Crippen LogP contribution >= 0.6 is 11.6 Å². The summed E-state index contributed by atoms with van der Waals surface area (Å²) in [6, 6.07) is 0. The molecular formula is C7H14ClNO. The second-order valence-electron chi connectivity index (χ2n) is 3.02. The topological polar surface area (TPSA) is 29.1 Å². The Morgan fingerprint density at radius 3 is 2.10 bits per heavy atom. The number of hydrogen-bond donors (Lipinski definition) is 1. The molecule has 0 fully saturated rings. The highest BCUT2D eigenvalue weighted by molar-refractivity contribution is 6.21. The summed E-state index contributed by atoms with van der Waals surface area (Å²) in [5.41, 5.74) is -0.312. The van der Waals surface area contributed by atoms with E-state index in [1.807, 2.05) is 20.8 Å². The van der Waals surface area contributed by atoms with Gasteiger partial charge in [-0.15, -0.1) is 11.6 Å². The van der Waals surface area contributed by atoms with E-state index in [0.717, 1.165) is 0 Å². The predicted octanol–water partition coefficient (Wildman–Crippen LogP) is 1.53. The van der Waals surface area contributed by atoms with E-state index < -0.39 is 0 Å². The number of nitrogens with one attached hydrogen (secondary N) is 1. The monoisotopic (exact) mass is 163 g/mol. The first-order chi connectivity index (χ1) is 4.36. The van der Waals surface area contributed by atoms with E-state index in [2.05, 4.69) is 5.32 Å². The molecule has 0 radical (unpaired) electrons. The molecule has 0 aliphatic rings. The zero-order valence-electron chi connectivity index (χ0n) is 6.86. The van der Waals surface area contributed by atoms with Crippen molar-refractivity contribution in [3.8, 4) is 0 Å². The smallest absolute Gasteiger partial charge is 0.217 e. The van der Waals surface area contributed by atoms with Crippen molar-refractivity contribution < 1.29 is 4.79 Å². The minimum atomic E-state index is -0.312. The van der Waals surface area contributed by atoms with Crippen molar-refractivity contribution >= 4 is 17.5 Å². The fraction of sp³-hybridized carbons (Fsp3) is 0.857. The molecule has 0 aliphatic heterocycles. The average molecular weight is 164 g/mol. The number of halogens is 1. The van der Waals surface area contributed by atoms with Crippen LogP contribution in [0.15, 0.2) is 0 Å². The molecule has 0 rings (SSSR count). The SMILES string of the molecule is CC(=O)NC(C)(C)C(C)Cl. The molecule has 2 nitrogen and oxygen atoms in total. The van der Waals surface area contributed by atoms with Gasteiger partial charge in [0.05, 0.1) is 10.9 Å². The Morgan fingerprint density at radius 1 is 1.60 bits per heavy atom. The zero-order chi connectivity index (χ0) is 8.36. The zero-order valence-corrected chi connectivity index (χ0v) is 7.62. The maximum absolute atomic E-state index is 10.6. The van der Waals surface area contributed by atoms with Gasteiger partial charge < -0.3 is 5.32 Å². The van der Waals surface area contributed by atoms with Gasteiger partial charge in [0.25, 0.3) is 0 Å². The molecule has 0 saturated heterocycles. The van der Waals surface area contributed by atoms with Crippen molar-refractivity contribution in [2.75, 3.05) is 0 Å². The van der Waals surface area contributed by atoms with Crippen molar-refractivity contribution in [2.45, 2.75) is 38.6 Å². The van der Waals surface area contributed by atoms with E-state index in [1.165, 1.54) is 6.92 Å². The van der Waals surface area contributed by atoms with Crippen LogP contribution in [0, 0.1) is 0 Å². The van der Waals surface area contributed by atoms with Gasteiger partial charge >= 0.3 is 0 Å². The highest BCUT2D eigenvalue weighted by atomic mass is 35.5. The van der Waals surface area contributed by atoms with Crippen molar-refractivity contribution in [3.63, 3.8) is 0 Å². The molecule has 0 bridgehead atoms. The van der Waals surface area contributed by atoms with Gasteiger partial charge in [-0.2, -0.15) is 0 Å². The van der Waals surface area contributed by atoms with Gasteiger partial charge in [0.1, 0.15) is 0 Å². The van der Waals surface area contributed by atoms with E-state index in [9.17, 15) is 4.79 Å². The number of carbonyl (C=O) groups excluding carboxylic acids is 1. The van der Waals surface area contributed by atoms with Crippen LogP contribution in [0.1, 0.15) is 27.7 Å². The molecule has 60 valence electrons. The summed E-state index contributed by atoms with van der Waals surface area (Å²) in [4.78, 5) is 10.6. The van der Waals surface area contributed by atoms with Gasteiger partial charge in [0.15, 0.2) is 0 Å². The lowest BCUT2D eigenvalue weighted by molar-refractivity contribution is -0.120. The summed E-state index contributed by atoms with van der Waals surface area (Å²) in [5.74, 6) is -0.0440. The Bertz CT molecular complexity index is 132. The first kappa shape index (κ1) is 9.76. The summed E-state index contributed by atoms with van der Waals surface area (Å²) in [6.45, 7) is 7.14. The largest absolute Gasteiger partial charge is 0.350 e. The summed E-state index contributed by atoms with van der Waals surface area (Å²) in [7, 11) is 0. The molecule has 0 aliphatic carbocycles. The van der Waals surface area contributed by atoms with Crippen LogP contribution in [0.4, 0.5) is 0 Å². The van der Waals surface area contributed by atoms with Gasteiger partial charge in [0, 0.05) is 6.92 Å². The van der Waals surface area contributed by atoms with Gasteiger partial charge in [0.2, 0.25) is 5.91 Å². The molecule has 1 amide bonds. The van der Waals surface area contributed by atoms with Crippen LogP contribution in [-0.4, -0.2) is 16.8 Å². The van der Waals surface area contributed by atoms with E-state index >= 15 is 0 Å². The van der Waals surface area contributed by atoms with Crippen molar-refractivity contribution in [2.24, 2.45) is 0 Å². The van der Waals surface area contributed by atoms with Crippen LogP contribution in [0.3, 0.4) is 0 Å². The molecule has 0 aromatic carbocycles. The molecule has 0 aromatic heterocycles. The number of hydrogen-bond acceptors (Lipinski definition) is 1. The first-order valence-electron chi connectivity index (χ1n) is 3.29. The number of amides is 1. The van der Waals surface area contributed by atoms with E-state index in [0.29, 0.717) is 0 Å². The molecule has 1 unspecified atom stereocenters. The molecular weight excluding hydrogens is 150 g/mol. The summed E-state index contributed by atoms with van der Waals surface area (Å²) >= 11 is 5.80. The molecule has 10 heavy (non-hydrogen) atoms. The highest BCUT2D eigenvalue weighted by Crippen LogP contribution is 2.13. The minimum Gasteiger partial charge on any atom is -0.350 e. The predicted molar refractivity (Wildman–Crippen MR) is 43.2 cm³/mol. The molecule has 0 spiro atoms. The molecule has 0 heterocycles. The molecule has 3 heteroatoms. The van der Waals surface area contributed by atoms with Crippen molar-refractivity contribution in [1.29, 1.82) is 0 Å². The van der Waals surface area contributed by atoms with Gasteiger partial charge in [-0.3, -0.25) is 4.79 Å². The van der Waals surface area contributed by atoms with Crippen LogP contribution in [0.2, 0.25) is 0 Å². The van der Waals surface area contributed by atoms with E-state index in [4.69, 9.17) is 11.6 Å². The second-order valence-corrected chi connectivity index (χ2v) is 3.67. The second kappa shape index (κ2) is 3.24. The Balaban J connectivity index is 3.99. The van der Waals surface area contributed by atoms with Gasteiger partial charge in [-0.25, -0.2) is 0 Å². The lowest BCUT2D eigenvalue weighted by Gasteiger charge is -2.28. The summed E-state index contributed by atoms with van der Waals surface area (Å²) < 4.78 is 0. The van der Waals surface area contributed by atoms with E-state index in [1.54, 1.807) is 0 Å². The fourth-order valence-electron chi connectivity index (χ4n) is 0.553. The number of alkyl halides is 1. The Hall–Kier alpha value is -0.240. The highest BCUT2D eigenvalue weighted by Gasteiger charge is 2.24. The van der Waals surface area contributed by atoms with Gasteiger partial charge in [-0.05, 0) is 20.8 Å². The number of rotatable bonds is 2. The molecule has 0 saturated carbocycles. The van der Waals surface area contributed by atoms with Crippen LogP contribution in [0.5, 0.6) is 0 Å². The third-order valence-corrected chi connectivity index (χ3v) is 2.04.